The summed E-state index contributed by atoms with van der Waals surface area (Å²) < 4.78 is 28.5. The summed E-state index contributed by atoms with van der Waals surface area (Å²) in [5, 5.41) is 26.5. The summed E-state index contributed by atoms with van der Waals surface area (Å²) in [7, 11) is -3.18. The van der Waals surface area contributed by atoms with Crippen molar-refractivity contribution >= 4 is 26.7 Å². The Morgan fingerprint density at radius 2 is 1.92 bits per heavy atom. The van der Waals surface area contributed by atoms with Crippen LogP contribution in [0, 0.1) is 11.3 Å². The fourth-order valence-electron chi connectivity index (χ4n) is 4.38. The van der Waals surface area contributed by atoms with Gasteiger partial charge >= 0.3 is 0 Å². The second-order valence-corrected chi connectivity index (χ2v) is 11.2. The molecule has 0 radical (unpaired) electrons. The van der Waals surface area contributed by atoms with Crippen LogP contribution in [0.1, 0.15) is 43.9 Å². The van der Waals surface area contributed by atoms with Gasteiger partial charge in [-0.25, -0.2) is 27.4 Å². The predicted molar refractivity (Wildman–Crippen MR) is 133 cm³/mol. The maximum Gasteiger partial charge on any atom is 0.211 e. The average molecular weight is 507 g/mol. The van der Waals surface area contributed by atoms with Crippen molar-refractivity contribution in [1.82, 2.24) is 39.0 Å². The number of sulfonamides is 1. The normalized spacial score (nSPS) is 15.4. The molecule has 4 aromatic rings. The molecular formula is C23H26N10O2S. The average Bonchev–Trinajstić information content (AvgIpc) is 3.50. The highest BCUT2D eigenvalue weighted by molar-refractivity contribution is 7.88. The first-order valence-electron chi connectivity index (χ1n) is 11.6. The molecule has 0 spiro atoms. The molecule has 0 unspecified atom stereocenters. The zero-order valence-corrected chi connectivity index (χ0v) is 21.0. The van der Waals surface area contributed by atoms with Crippen molar-refractivity contribution in [2.75, 3.05) is 24.7 Å². The molecule has 5 rings (SSSR count). The first kappa shape index (κ1) is 23.8. The monoisotopic (exact) mass is 506 g/mol. The van der Waals surface area contributed by atoms with Gasteiger partial charge in [0.05, 0.1) is 41.8 Å². The number of anilines is 1. The molecule has 1 N–H and O–H groups in total. The molecule has 1 saturated heterocycles. The molecule has 0 aromatic carbocycles. The Balaban J connectivity index is 1.45. The number of fused-ring (bicyclic) bond motifs is 1. The highest BCUT2D eigenvalue weighted by atomic mass is 32.2. The van der Waals surface area contributed by atoms with Gasteiger partial charge in [-0.05, 0) is 32.8 Å². The molecule has 0 amide bonds. The van der Waals surface area contributed by atoms with Crippen molar-refractivity contribution in [2.45, 2.75) is 38.6 Å². The molecule has 4 aromatic heterocycles. The molecule has 12 nitrogen and oxygen atoms in total. The Bertz CT molecular complexity index is 1560. The second-order valence-electron chi connectivity index (χ2n) is 9.19. The summed E-state index contributed by atoms with van der Waals surface area (Å²) in [6.45, 7) is 5.05. The van der Waals surface area contributed by atoms with Crippen molar-refractivity contribution < 1.29 is 8.42 Å². The molecule has 13 heteroatoms. The van der Waals surface area contributed by atoms with E-state index >= 15 is 0 Å². The van der Waals surface area contributed by atoms with Gasteiger partial charge in [0.15, 0.2) is 11.5 Å². The summed E-state index contributed by atoms with van der Waals surface area (Å²) >= 11 is 0. The van der Waals surface area contributed by atoms with Crippen LogP contribution in [0.4, 0.5) is 5.69 Å². The second kappa shape index (κ2) is 9.29. The third-order valence-electron chi connectivity index (χ3n) is 6.17. The van der Waals surface area contributed by atoms with Crippen molar-refractivity contribution in [3.8, 4) is 17.6 Å². The van der Waals surface area contributed by atoms with Gasteiger partial charge in [0.2, 0.25) is 10.0 Å². The van der Waals surface area contributed by atoms with Gasteiger partial charge in [-0.1, -0.05) is 5.21 Å². The van der Waals surface area contributed by atoms with Gasteiger partial charge in [0.1, 0.15) is 11.8 Å². The largest absolute Gasteiger partial charge is 0.381 e. The van der Waals surface area contributed by atoms with Crippen molar-refractivity contribution in [1.29, 1.82) is 5.26 Å². The minimum Gasteiger partial charge on any atom is -0.381 e. The quantitative estimate of drug-likeness (QED) is 0.415. The number of hydrogen-bond donors (Lipinski definition) is 1. The van der Waals surface area contributed by atoms with Gasteiger partial charge < -0.3 is 5.32 Å². The number of hydrogen-bond acceptors (Lipinski definition) is 9. The van der Waals surface area contributed by atoms with E-state index in [2.05, 4.69) is 36.8 Å². The minimum absolute atomic E-state index is 0.144. The zero-order valence-electron chi connectivity index (χ0n) is 20.2. The van der Waals surface area contributed by atoms with E-state index in [0.29, 0.717) is 43.0 Å². The Kier molecular flexibility index (Phi) is 6.15. The topological polar surface area (TPSA) is 148 Å². The summed E-state index contributed by atoms with van der Waals surface area (Å²) in [4.78, 5) is 8.99. The summed E-state index contributed by atoms with van der Waals surface area (Å²) in [5.74, 6) is 0.716. The van der Waals surface area contributed by atoms with Gasteiger partial charge in [-0.2, -0.15) is 15.0 Å². The third kappa shape index (κ3) is 4.65. The van der Waals surface area contributed by atoms with E-state index in [0.717, 1.165) is 22.5 Å². The standard InChI is InChI=1S/C23H26N10O2S/c1-15(2)28-19-9-22(33-23-18(12-27-33)8-16(10-24)11-26-23)25-13-21(19)32-14-20(29-30-32)17-4-6-31(7-5-17)36(3,34)35/h8-9,11-15,17H,4-7H2,1-3H3,(H,25,28). The van der Waals surface area contributed by atoms with E-state index in [9.17, 15) is 8.42 Å². The van der Waals surface area contributed by atoms with Crippen LogP contribution >= 0.6 is 0 Å². The van der Waals surface area contributed by atoms with Gasteiger partial charge in [-0.3, -0.25) is 0 Å². The van der Waals surface area contributed by atoms with Crippen LogP contribution in [-0.4, -0.2) is 72.9 Å². The lowest BCUT2D eigenvalue weighted by Crippen LogP contribution is -2.37. The van der Waals surface area contributed by atoms with Gasteiger partial charge in [0, 0.05) is 42.7 Å². The number of nitrogens with one attached hydrogen (secondary N) is 1. The SMILES string of the molecule is CC(C)Nc1cc(-n2ncc3cc(C#N)cnc32)ncc1-n1cc(C2CCN(S(C)(=O)=O)CC2)nn1. The molecule has 5 heterocycles. The van der Waals surface area contributed by atoms with Crippen LogP contribution in [0.15, 0.2) is 36.9 Å². The Morgan fingerprint density at radius 1 is 1.14 bits per heavy atom. The molecule has 1 aliphatic heterocycles. The van der Waals surface area contributed by atoms with E-state index in [1.54, 1.807) is 27.8 Å². The lowest BCUT2D eigenvalue weighted by atomic mass is 9.95. The maximum atomic E-state index is 11.8. The Labute approximate surface area is 208 Å². The van der Waals surface area contributed by atoms with Crippen LogP contribution in [0.5, 0.6) is 0 Å². The number of nitriles is 1. The van der Waals surface area contributed by atoms with Crippen molar-refractivity contribution in [3.63, 3.8) is 0 Å². The van der Waals surface area contributed by atoms with E-state index in [1.807, 2.05) is 26.1 Å². The molecule has 0 saturated carbocycles. The number of piperidine rings is 1. The first-order chi connectivity index (χ1) is 17.2. The first-order valence-corrected chi connectivity index (χ1v) is 13.5. The molecular weight excluding hydrogens is 480 g/mol. The summed E-state index contributed by atoms with van der Waals surface area (Å²) in [6.07, 6.45) is 9.42. The third-order valence-corrected chi connectivity index (χ3v) is 7.47. The van der Waals surface area contributed by atoms with Gasteiger partial charge in [0.25, 0.3) is 0 Å². The van der Waals surface area contributed by atoms with Crippen LogP contribution in [0.2, 0.25) is 0 Å². The number of pyridine rings is 2. The zero-order chi connectivity index (χ0) is 25.4. The number of nitrogens with zero attached hydrogens (tertiary/aromatic N) is 9. The molecule has 0 bridgehead atoms. The molecule has 0 atom stereocenters. The number of aromatic nitrogens is 7. The van der Waals surface area contributed by atoms with E-state index < -0.39 is 10.0 Å². The van der Waals surface area contributed by atoms with Crippen molar-refractivity contribution in [2.24, 2.45) is 0 Å². The Hall–Kier alpha value is -3.89. The molecule has 0 aliphatic carbocycles. The lowest BCUT2D eigenvalue weighted by Gasteiger charge is -2.28. The highest BCUT2D eigenvalue weighted by Crippen LogP contribution is 2.29. The highest BCUT2D eigenvalue weighted by Gasteiger charge is 2.27. The Morgan fingerprint density at radius 3 is 2.61 bits per heavy atom. The number of rotatable bonds is 6. The van der Waals surface area contributed by atoms with Gasteiger partial charge in [-0.15, -0.1) is 5.10 Å². The predicted octanol–water partition coefficient (Wildman–Crippen LogP) is 2.23. The summed E-state index contributed by atoms with van der Waals surface area (Å²) in [5.41, 5.74) is 3.44. The molecule has 36 heavy (non-hydrogen) atoms. The molecule has 1 aliphatic rings. The maximum absolute atomic E-state index is 11.8. The van der Waals surface area contributed by atoms with Crippen LogP contribution < -0.4 is 5.32 Å². The van der Waals surface area contributed by atoms with Crippen LogP contribution in [0.3, 0.4) is 0 Å². The van der Waals surface area contributed by atoms with E-state index in [1.165, 1.54) is 16.8 Å². The van der Waals surface area contributed by atoms with E-state index in [4.69, 9.17) is 5.26 Å². The lowest BCUT2D eigenvalue weighted by molar-refractivity contribution is 0.318. The van der Waals surface area contributed by atoms with E-state index in [-0.39, 0.29) is 12.0 Å². The minimum atomic E-state index is -3.18. The fourth-order valence-corrected chi connectivity index (χ4v) is 5.25. The smallest absolute Gasteiger partial charge is 0.211 e. The molecule has 1 fully saturated rings. The van der Waals surface area contributed by atoms with Crippen LogP contribution in [-0.2, 0) is 10.0 Å². The fraction of sp³-hybridized carbons (Fsp3) is 0.391. The van der Waals surface area contributed by atoms with Crippen LogP contribution in [0.25, 0.3) is 22.5 Å². The van der Waals surface area contributed by atoms with Crippen molar-refractivity contribution in [3.05, 3.63) is 48.2 Å². The molecule has 186 valence electrons. The summed E-state index contributed by atoms with van der Waals surface area (Å²) in [6, 6.07) is 5.86.